The number of rotatable bonds is 9. The lowest BCUT2D eigenvalue weighted by atomic mass is 9.98. The predicted octanol–water partition coefficient (Wildman–Crippen LogP) is 6.15. The van der Waals surface area contributed by atoms with Gasteiger partial charge >= 0.3 is 0 Å². The fourth-order valence-corrected chi connectivity index (χ4v) is 6.28. The molecule has 0 atom stereocenters. The number of benzene rings is 2. The number of hydrogen-bond donors (Lipinski definition) is 1. The molecule has 7 heteroatoms. The zero-order valence-electron chi connectivity index (χ0n) is 24.3. The van der Waals surface area contributed by atoms with Gasteiger partial charge in [-0.1, -0.05) is 29.8 Å². The largest absolute Gasteiger partial charge is 0.494 e. The molecule has 39 heavy (non-hydrogen) atoms. The van der Waals surface area contributed by atoms with Gasteiger partial charge in [0.1, 0.15) is 5.75 Å². The Morgan fingerprint density at radius 3 is 2.36 bits per heavy atom. The highest BCUT2D eigenvalue weighted by Gasteiger charge is 2.22. The molecule has 0 amide bonds. The number of nitrogens with zero attached hydrogens (tertiary/aromatic N) is 4. The van der Waals surface area contributed by atoms with Crippen molar-refractivity contribution in [2.24, 2.45) is 7.05 Å². The lowest BCUT2D eigenvalue weighted by molar-refractivity contribution is 0.233. The Bertz CT molecular complexity index is 1450. The van der Waals surface area contributed by atoms with Gasteiger partial charge in [-0.15, -0.1) is 0 Å². The van der Waals surface area contributed by atoms with Crippen LogP contribution in [0.5, 0.6) is 5.75 Å². The average Bonchev–Trinajstić information content (AvgIpc) is 3.34. The van der Waals surface area contributed by atoms with E-state index in [1.807, 2.05) is 37.7 Å². The number of piperazine rings is 1. The number of nitrogens with one attached hydrogen (secondary N) is 1. The molecular formula is C32H42ClN5O. The summed E-state index contributed by atoms with van der Waals surface area (Å²) in [6, 6.07) is 10.9. The number of fused-ring (bicyclic) bond motifs is 1. The highest BCUT2D eigenvalue weighted by molar-refractivity contribution is 6.32. The summed E-state index contributed by atoms with van der Waals surface area (Å²) in [4.78, 5) is 2.58. The zero-order chi connectivity index (χ0) is 27.7. The fraction of sp³-hybridized carbons (Fsp3) is 0.469. The minimum absolute atomic E-state index is 0.675. The number of aromatic nitrogens is 3. The molecule has 0 spiro atoms. The van der Waals surface area contributed by atoms with Crippen molar-refractivity contribution in [2.45, 2.75) is 54.0 Å². The van der Waals surface area contributed by atoms with E-state index in [9.17, 15) is 0 Å². The Morgan fingerprint density at radius 1 is 0.974 bits per heavy atom. The van der Waals surface area contributed by atoms with Crippen LogP contribution in [0.15, 0.2) is 30.3 Å². The lowest BCUT2D eigenvalue weighted by Gasteiger charge is -2.27. The molecule has 2 aromatic heterocycles. The summed E-state index contributed by atoms with van der Waals surface area (Å²) in [6.07, 6.45) is 1.93. The van der Waals surface area contributed by atoms with E-state index in [-0.39, 0.29) is 0 Å². The van der Waals surface area contributed by atoms with Gasteiger partial charge in [-0.05, 0) is 76.3 Å². The van der Waals surface area contributed by atoms with Crippen LogP contribution < -0.4 is 10.1 Å². The number of halogens is 1. The van der Waals surface area contributed by atoms with Crippen LogP contribution in [0, 0.1) is 34.6 Å². The molecule has 1 fully saturated rings. The van der Waals surface area contributed by atoms with E-state index in [0.717, 1.165) is 79.7 Å². The number of aryl methyl sites for hydroxylation is 5. The molecule has 6 nitrogen and oxygen atoms in total. The molecule has 5 rings (SSSR count). The Kier molecular flexibility index (Phi) is 8.36. The smallest absolute Gasteiger partial charge is 0.119 e. The minimum Gasteiger partial charge on any atom is -0.494 e. The predicted molar refractivity (Wildman–Crippen MR) is 162 cm³/mol. The van der Waals surface area contributed by atoms with E-state index in [2.05, 4.69) is 53.8 Å². The molecule has 208 valence electrons. The Balaban J connectivity index is 1.45. The third-order valence-electron chi connectivity index (χ3n) is 8.35. The molecule has 1 aliphatic rings. The summed E-state index contributed by atoms with van der Waals surface area (Å²) in [5.41, 5.74) is 11.1. The Hall–Kier alpha value is -2.80. The second-order valence-electron chi connectivity index (χ2n) is 11.0. The van der Waals surface area contributed by atoms with Crippen LogP contribution in [-0.2, 0) is 20.0 Å². The zero-order valence-corrected chi connectivity index (χ0v) is 25.1. The molecule has 0 aliphatic carbocycles. The van der Waals surface area contributed by atoms with Crippen molar-refractivity contribution in [3.63, 3.8) is 0 Å². The maximum absolute atomic E-state index is 6.35. The summed E-state index contributed by atoms with van der Waals surface area (Å²) < 4.78 is 10.7. The molecular weight excluding hydrogens is 506 g/mol. The first-order chi connectivity index (χ1) is 18.8. The van der Waals surface area contributed by atoms with Gasteiger partial charge in [-0.3, -0.25) is 9.58 Å². The maximum atomic E-state index is 6.35. The van der Waals surface area contributed by atoms with E-state index in [1.165, 1.54) is 39.0 Å². The van der Waals surface area contributed by atoms with E-state index >= 15 is 0 Å². The molecule has 4 aromatic rings. The van der Waals surface area contributed by atoms with Crippen molar-refractivity contribution in [3.8, 4) is 16.9 Å². The van der Waals surface area contributed by atoms with E-state index in [1.54, 1.807) is 0 Å². The third kappa shape index (κ3) is 5.60. The van der Waals surface area contributed by atoms with Gasteiger partial charge in [0.05, 0.1) is 17.8 Å². The van der Waals surface area contributed by atoms with Crippen molar-refractivity contribution in [3.05, 3.63) is 69.1 Å². The lowest BCUT2D eigenvalue weighted by Crippen LogP contribution is -2.44. The Morgan fingerprint density at radius 2 is 1.69 bits per heavy atom. The first kappa shape index (κ1) is 27.8. The SMILES string of the molecule is Cc1cc(OCCCc2c(C)n(CCN3CCNCC3)c3c(-c4c(C)nn(C)c4C)cccc23)cc(C)c1Cl. The Labute approximate surface area is 237 Å². The molecule has 0 radical (unpaired) electrons. The minimum atomic E-state index is 0.675. The fourth-order valence-electron chi connectivity index (χ4n) is 6.17. The molecule has 0 unspecified atom stereocenters. The number of ether oxygens (including phenoxy) is 1. The van der Waals surface area contributed by atoms with Gasteiger partial charge < -0.3 is 14.6 Å². The third-order valence-corrected chi connectivity index (χ3v) is 8.95. The van der Waals surface area contributed by atoms with Crippen LogP contribution >= 0.6 is 11.6 Å². The molecule has 0 saturated carbocycles. The second-order valence-corrected chi connectivity index (χ2v) is 11.4. The van der Waals surface area contributed by atoms with Crippen LogP contribution in [0.1, 0.15) is 40.2 Å². The van der Waals surface area contributed by atoms with Crippen LogP contribution in [0.2, 0.25) is 5.02 Å². The van der Waals surface area contributed by atoms with Crippen LogP contribution in [0.25, 0.3) is 22.0 Å². The summed E-state index contributed by atoms with van der Waals surface area (Å²) in [6.45, 7) is 17.7. The summed E-state index contributed by atoms with van der Waals surface area (Å²) >= 11 is 6.35. The van der Waals surface area contributed by atoms with Gasteiger partial charge in [0.15, 0.2) is 0 Å². The maximum Gasteiger partial charge on any atom is 0.119 e. The summed E-state index contributed by atoms with van der Waals surface area (Å²) in [5.74, 6) is 0.898. The van der Waals surface area contributed by atoms with Crippen molar-refractivity contribution in [1.29, 1.82) is 0 Å². The van der Waals surface area contributed by atoms with Gasteiger partial charge in [0.2, 0.25) is 0 Å². The highest BCUT2D eigenvalue weighted by atomic mass is 35.5. The summed E-state index contributed by atoms with van der Waals surface area (Å²) in [5, 5.41) is 10.4. The first-order valence-electron chi connectivity index (χ1n) is 14.2. The monoisotopic (exact) mass is 547 g/mol. The van der Waals surface area contributed by atoms with Crippen molar-refractivity contribution >= 4 is 22.5 Å². The van der Waals surface area contributed by atoms with E-state index in [4.69, 9.17) is 21.4 Å². The average molecular weight is 548 g/mol. The van der Waals surface area contributed by atoms with E-state index < -0.39 is 0 Å². The van der Waals surface area contributed by atoms with E-state index in [0.29, 0.717) is 6.61 Å². The van der Waals surface area contributed by atoms with Gasteiger partial charge in [0, 0.05) is 79.2 Å². The van der Waals surface area contributed by atoms with Gasteiger partial charge in [0.25, 0.3) is 0 Å². The second kappa shape index (κ2) is 11.7. The molecule has 1 aliphatic heterocycles. The van der Waals surface area contributed by atoms with Crippen molar-refractivity contribution in [2.75, 3.05) is 39.3 Å². The molecule has 3 heterocycles. The van der Waals surface area contributed by atoms with Crippen LogP contribution in [-0.4, -0.2) is 58.6 Å². The van der Waals surface area contributed by atoms with Crippen molar-refractivity contribution < 1.29 is 4.74 Å². The standard InChI is InChI=1S/C32H42ClN5O/c1-21-19-26(20-22(2)31(21)33)39-18-8-11-27-24(4)38(17-16-37-14-12-34-13-15-37)32-28(27)9-7-10-29(32)30-23(3)35-36(6)25(30)5/h7,9-10,19-20,34H,8,11-18H2,1-6H3. The highest BCUT2D eigenvalue weighted by Crippen LogP contribution is 2.37. The molecule has 1 saturated heterocycles. The quantitative estimate of drug-likeness (QED) is 0.255. The van der Waals surface area contributed by atoms with Crippen LogP contribution in [0.3, 0.4) is 0 Å². The first-order valence-corrected chi connectivity index (χ1v) is 14.6. The van der Waals surface area contributed by atoms with Crippen molar-refractivity contribution in [1.82, 2.24) is 24.6 Å². The topological polar surface area (TPSA) is 47.2 Å². The summed E-state index contributed by atoms with van der Waals surface area (Å²) in [7, 11) is 2.04. The van der Waals surface area contributed by atoms with Gasteiger partial charge in [-0.25, -0.2) is 0 Å². The van der Waals surface area contributed by atoms with Crippen LogP contribution in [0.4, 0.5) is 0 Å². The van der Waals surface area contributed by atoms with Gasteiger partial charge in [-0.2, -0.15) is 5.10 Å². The molecule has 2 aromatic carbocycles. The normalized spacial score (nSPS) is 14.4. The molecule has 0 bridgehead atoms. The molecule has 1 N–H and O–H groups in total. The number of hydrogen-bond acceptors (Lipinski definition) is 4. The number of para-hydroxylation sites is 1.